The molecule has 0 bridgehead atoms. The largest absolute Gasteiger partial charge is 0.298 e. The van der Waals surface area contributed by atoms with Gasteiger partial charge in [-0.05, 0) is 49.6 Å². The molecule has 0 amide bonds. The standard InChI is InChI=1S/C22H26N4O3S2/c1-16(21-23-20-7-5-4-6-19(20)22(27)24(21)2)25-12-14-26(15-13-25)31(28,29)18-10-8-17(30-3)9-11-18/h4-11,16H,12-15H2,1-3H3. The summed E-state index contributed by atoms with van der Waals surface area (Å²) < 4.78 is 29.2. The van der Waals surface area contributed by atoms with Crippen LogP contribution in [0.15, 0.2) is 63.1 Å². The van der Waals surface area contributed by atoms with Crippen LogP contribution in [0, 0.1) is 0 Å². The molecule has 7 nitrogen and oxygen atoms in total. The highest BCUT2D eigenvalue weighted by Crippen LogP contribution is 2.25. The van der Waals surface area contributed by atoms with Gasteiger partial charge in [0.15, 0.2) is 0 Å². The second-order valence-corrected chi connectivity index (χ2v) is 10.5. The number of nitrogens with zero attached hydrogens (tertiary/aromatic N) is 4. The molecule has 0 aliphatic carbocycles. The Morgan fingerprint density at radius 1 is 1.00 bits per heavy atom. The van der Waals surface area contributed by atoms with Gasteiger partial charge in [0.1, 0.15) is 5.82 Å². The minimum atomic E-state index is -3.52. The average Bonchev–Trinajstić information content (AvgIpc) is 2.81. The second-order valence-electron chi connectivity index (χ2n) is 7.64. The maximum Gasteiger partial charge on any atom is 0.261 e. The third-order valence-electron chi connectivity index (χ3n) is 5.91. The van der Waals surface area contributed by atoms with Crippen LogP contribution in [-0.2, 0) is 17.1 Å². The van der Waals surface area contributed by atoms with Gasteiger partial charge in [0.2, 0.25) is 10.0 Å². The summed E-state index contributed by atoms with van der Waals surface area (Å²) in [7, 11) is -1.78. The van der Waals surface area contributed by atoms with Crippen LogP contribution in [0.5, 0.6) is 0 Å². The lowest BCUT2D eigenvalue weighted by molar-refractivity contribution is 0.139. The van der Waals surface area contributed by atoms with Gasteiger partial charge in [-0.3, -0.25) is 14.3 Å². The average molecular weight is 459 g/mol. The molecule has 0 saturated carbocycles. The van der Waals surface area contributed by atoms with Crippen LogP contribution in [0.25, 0.3) is 10.9 Å². The van der Waals surface area contributed by atoms with Crippen molar-refractivity contribution in [1.29, 1.82) is 0 Å². The summed E-state index contributed by atoms with van der Waals surface area (Å²) in [5.74, 6) is 0.688. The molecule has 2 heterocycles. The van der Waals surface area contributed by atoms with E-state index in [2.05, 4.69) is 4.90 Å². The van der Waals surface area contributed by atoms with E-state index in [1.807, 2.05) is 43.5 Å². The summed E-state index contributed by atoms with van der Waals surface area (Å²) in [5.41, 5.74) is 0.615. The van der Waals surface area contributed by atoms with Crippen LogP contribution in [-0.4, -0.2) is 59.6 Å². The van der Waals surface area contributed by atoms with Gasteiger partial charge in [0.05, 0.1) is 21.8 Å². The number of rotatable bonds is 5. The first-order valence-corrected chi connectivity index (χ1v) is 12.8. The molecule has 3 aromatic rings. The predicted octanol–water partition coefficient (Wildman–Crippen LogP) is 2.72. The number of hydrogen-bond acceptors (Lipinski definition) is 6. The molecule has 31 heavy (non-hydrogen) atoms. The molecule has 164 valence electrons. The second kappa shape index (κ2) is 8.74. The Hall–Kier alpha value is -2.20. The molecule has 9 heteroatoms. The van der Waals surface area contributed by atoms with Crippen molar-refractivity contribution in [1.82, 2.24) is 18.8 Å². The molecule has 2 aromatic carbocycles. The van der Waals surface area contributed by atoms with E-state index in [4.69, 9.17) is 4.98 Å². The Kier molecular flexibility index (Phi) is 6.20. The SMILES string of the molecule is CSc1ccc(S(=O)(=O)N2CCN(C(C)c3nc4ccccc4c(=O)n3C)CC2)cc1. The van der Waals surface area contributed by atoms with Crippen molar-refractivity contribution in [3.63, 3.8) is 0 Å². The highest BCUT2D eigenvalue weighted by molar-refractivity contribution is 7.98. The molecule has 1 aromatic heterocycles. The molecule has 1 unspecified atom stereocenters. The summed E-state index contributed by atoms with van der Waals surface area (Å²) in [4.78, 5) is 21.0. The van der Waals surface area contributed by atoms with E-state index in [1.165, 1.54) is 4.31 Å². The van der Waals surface area contributed by atoms with E-state index in [0.717, 1.165) is 4.90 Å². The zero-order valence-corrected chi connectivity index (χ0v) is 19.5. The number of thioether (sulfide) groups is 1. The van der Waals surface area contributed by atoms with E-state index in [1.54, 1.807) is 41.6 Å². The fraction of sp³-hybridized carbons (Fsp3) is 0.364. The molecule has 0 spiro atoms. The third-order valence-corrected chi connectivity index (χ3v) is 8.57. The fourth-order valence-electron chi connectivity index (χ4n) is 4.00. The van der Waals surface area contributed by atoms with Crippen LogP contribution >= 0.6 is 11.8 Å². The molecule has 1 aliphatic heterocycles. The van der Waals surface area contributed by atoms with Gasteiger partial charge >= 0.3 is 0 Å². The maximum atomic E-state index is 13.0. The Morgan fingerprint density at radius 2 is 1.65 bits per heavy atom. The maximum absolute atomic E-state index is 13.0. The van der Waals surface area contributed by atoms with Crippen molar-refractivity contribution >= 4 is 32.7 Å². The van der Waals surface area contributed by atoms with Gasteiger partial charge in [0, 0.05) is 38.1 Å². The summed E-state index contributed by atoms with van der Waals surface area (Å²) in [6, 6.07) is 14.3. The molecule has 0 N–H and O–H groups in total. The summed E-state index contributed by atoms with van der Waals surface area (Å²) in [6.45, 7) is 3.97. The number of piperazine rings is 1. The van der Waals surface area contributed by atoms with E-state index < -0.39 is 10.0 Å². The van der Waals surface area contributed by atoms with E-state index in [-0.39, 0.29) is 11.6 Å². The summed E-state index contributed by atoms with van der Waals surface area (Å²) in [5, 5.41) is 0.601. The topological polar surface area (TPSA) is 75.5 Å². The van der Waals surface area contributed by atoms with Gasteiger partial charge in [-0.1, -0.05) is 12.1 Å². The van der Waals surface area contributed by atoms with Crippen LogP contribution in [0.2, 0.25) is 0 Å². The monoisotopic (exact) mass is 458 g/mol. The number of para-hydroxylation sites is 1. The van der Waals surface area contributed by atoms with Crippen molar-refractivity contribution < 1.29 is 8.42 Å². The molecule has 1 fully saturated rings. The number of fused-ring (bicyclic) bond motifs is 1. The van der Waals surface area contributed by atoms with Gasteiger partial charge < -0.3 is 0 Å². The number of hydrogen-bond donors (Lipinski definition) is 0. The number of benzene rings is 2. The zero-order chi connectivity index (χ0) is 22.2. The molecule has 0 radical (unpaired) electrons. The van der Waals surface area contributed by atoms with Gasteiger partial charge in [-0.15, -0.1) is 11.8 Å². The Bertz CT molecular complexity index is 1250. The van der Waals surface area contributed by atoms with Crippen LogP contribution in [0.1, 0.15) is 18.8 Å². The highest BCUT2D eigenvalue weighted by Gasteiger charge is 2.31. The van der Waals surface area contributed by atoms with Gasteiger partial charge in [0.25, 0.3) is 5.56 Å². The first-order valence-electron chi connectivity index (χ1n) is 10.2. The molecule has 1 atom stereocenters. The zero-order valence-electron chi connectivity index (χ0n) is 17.9. The lowest BCUT2D eigenvalue weighted by Gasteiger charge is -2.37. The molecule has 4 rings (SSSR count). The lowest BCUT2D eigenvalue weighted by Crippen LogP contribution is -2.49. The van der Waals surface area contributed by atoms with Crippen LogP contribution < -0.4 is 5.56 Å². The highest BCUT2D eigenvalue weighted by atomic mass is 32.2. The Balaban J connectivity index is 1.51. The van der Waals surface area contributed by atoms with Gasteiger partial charge in [-0.25, -0.2) is 13.4 Å². The Labute approximate surface area is 186 Å². The van der Waals surface area contributed by atoms with Crippen molar-refractivity contribution in [2.45, 2.75) is 22.8 Å². The quantitative estimate of drug-likeness (QED) is 0.548. The van der Waals surface area contributed by atoms with E-state index in [9.17, 15) is 13.2 Å². The molecular formula is C22H26N4O3S2. The third kappa shape index (κ3) is 4.15. The lowest BCUT2D eigenvalue weighted by atomic mass is 10.2. The van der Waals surface area contributed by atoms with Crippen molar-refractivity contribution in [2.24, 2.45) is 7.05 Å². The fourth-order valence-corrected chi connectivity index (χ4v) is 5.83. The van der Waals surface area contributed by atoms with Crippen molar-refractivity contribution in [2.75, 3.05) is 32.4 Å². The molecular weight excluding hydrogens is 432 g/mol. The number of aromatic nitrogens is 2. The first kappa shape index (κ1) is 22.0. The van der Waals surface area contributed by atoms with Crippen LogP contribution in [0.3, 0.4) is 0 Å². The molecule has 1 saturated heterocycles. The van der Waals surface area contributed by atoms with E-state index >= 15 is 0 Å². The number of sulfonamides is 1. The van der Waals surface area contributed by atoms with Crippen LogP contribution in [0.4, 0.5) is 0 Å². The Morgan fingerprint density at radius 3 is 2.29 bits per heavy atom. The molecule has 1 aliphatic rings. The first-order chi connectivity index (χ1) is 14.8. The minimum Gasteiger partial charge on any atom is -0.298 e. The smallest absolute Gasteiger partial charge is 0.261 e. The van der Waals surface area contributed by atoms with E-state index in [0.29, 0.717) is 47.8 Å². The normalized spacial score (nSPS) is 17.1. The van der Waals surface area contributed by atoms with Gasteiger partial charge in [-0.2, -0.15) is 4.31 Å². The predicted molar refractivity (Wildman–Crippen MR) is 124 cm³/mol. The summed E-state index contributed by atoms with van der Waals surface area (Å²) in [6.07, 6.45) is 1.96. The summed E-state index contributed by atoms with van der Waals surface area (Å²) >= 11 is 1.58. The van der Waals surface area contributed by atoms with Crippen molar-refractivity contribution in [3.05, 3.63) is 64.7 Å². The minimum absolute atomic E-state index is 0.0673. The van der Waals surface area contributed by atoms with Crippen molar-refractivity contribution in [3.8, 4) is 0 Å².